The number of nitrogens with zero attached hydrogens (tertiary/aromatic N) is 3. The molecule has 0 aromatic carbocycles. The molecule has 0 atom stereocenters. The summed E-state index contributed by atoms with van der Waals surface area (Å²) in [5, 5.41) is 2.71. The number of carbonyl (C=O) groups excluding carboxylic acids is 1. The number of aryl methyl sites for hydroxylation is 1. The number of hydrogen-bond donors (Lipinski definition) is 1. The number of anilines is 1. The van der Waals surface area contributed by atoms with Crippen LogP contribution in [0.5, 0.6) is 0 Å². The van der Waals surface area contributed by atoms with Gasteiger partial charge in [0.15, 0.2) is 0 Å². The molecule has 0 fully saturated rings. The number of hydrogen-bond acceptors (Lipinski definition) is 5. The summed E-state index contributed by atoms with van der Waals surface area (Å²) in [4.78, 5) is 22.1. The molecule has 1 aromatic rings. The molecule has 0 saturated heterocycles. The Balaban J connectivity index is 2.36. The fourth-order valence-corrected chi connectivity index (χ4v) is 1.70. The van der Waals surface area contributed by atoms with Gasteiger partial charge in [-0.3, -0.25) is 0 Å². The topological polar surface area (TPSA) is 67.4 Å². The van der Waals surface area contributed by atoms with Crippen molar-refractivity contribution < 1.29 is 9.53 Å². The fourth-order valence-electron chi connectivity index (χ4n) is 1.70. The monoisotopic (exact) mass is 294 g/mol. The van der Waals surface area contributed by atoms with Crippen LogP contribution < -0.4 is 10.2 Å². The zero-order chi connectivity index (χ0) is 15.9. The van der Waals surface area contributed by atoms with Crippen LogP contribution in [0, 0.1) is 0 Å². The van der Waals surface area contributed by atoms with Crippen molar-refractivity contribution in [3.05, 3.63) is 18.0 Å². The average Bonchev–Trinajstić information content (AvgIpc) is 2.37. The molecule has 0 spiro atoms. The number of likely N-dealkylation sites (N-methyl/N-ethyl adjacent to an activating group) is 1. The maximum atomic E-state index is 11.5. The van der Waals surface area contributed by atoms with Gasteiger partial charge in [0.05, 0.1) is 0 Å². The van der Waals surface area contributed by atoms with E-state index in [2.05, 4.69) is 22.2 Å². The van der Waals surface area contributed by atoms with Crippen LogP contribution >= 0.6 is 0 Å². The summed E-state index contributed by atoms with van der Waals surface area (Å²) in [5.74, 6) is 0.654. The van der Waals surface area contributed by atoms with Gasteiger partial charge < -0.3 is 15.0 Å². The van der Waals surface area contributed by atoms with Crippen molar-refractivity contribution in [3.63, 3.8) is 0 Å². The molecule has 1 N–H and O–H groups in total. The summed E-state index contributed by atoms with van der Waals surface area (Å²) in [6, 6.07) is 0. The third kappa shape index (κ3) is 6.92. The fraction of sp³-hybridized carbons (Fsp3) is 0.667. The average molecular weight is 294 g/mol. The van der Waals surface area contributed by atoms with E-state index >= 15 is 0 Å². The van der Waals surface area contributed by atoms with Gasteiger partial charge in [-0.05, 0) is 32.8 Å². The van der Waals surface area contributed by atoms with Crippen molar-refractivity contribution in [3.8, 4) is 0 Å². The SMILES string of the molecule is CCCc1cnc(N(C)CCNC(=O)OC(C)(C)C)nc1. The molecule has 0 bridgehead atoms. The van der Waals surface area contributed by atoms with E-state index in [1.807, 2.05) is 45.1 Å². The zero-order valence-electron chi connectivity index (χ0n) is 13.6. The predicted octanol–water partition coefficient (Wildman–Crippen LogP) is 2.39. The van der Waals surface area contributed by atoms with Crippen LogP contribution in [0.4, 0.5) is 10.7 Å². The predicted molar refractivity (Wildman–Crippen MR) is 83.5 cm³/mol. The Morgan fingerprint density at radius 1 is 1.33 bits per heavy atom. The van der Waals surface area contributed by atoms with E-state index < -0.39 is 11.7 Å². The molecular formula is C15H26N4O2. The Morgan fingerprint density at radius 2 is 1.95 bits per heavy atom. The van der Waals surface area contributed by atoms with Crippen LogP contribution in [0.2, 0.25) is 0 Å². The van der Waals surface area contributed by atoms with Gasteiger partial charge in [0.2, 0.25) is 5.95 Å². The van der Waals surface area contributed by atoms with Crippen LogP contribution in [0.3, 0.4) is 0 Å². The molecule has 1 amide bonds. The minimum Gasteiger partial charge on any atom is -0.444 e. The highest BCUT2D eigenvalue weighted by Crippen LogP contribution is 2.07. The summed E-state index contributed by atoms with van der Waals surface area (Å²) in [7, 11) is 1.89. The maximum absolute atomic E-state index is 11.5. The first kappa shape index (κ1) is 17.2. The first-order chi connectivity index (χ1) is 9.81. The van der Waals surface area contributed by atoms with Crippen molar-refractivity contribution in [2.45, 2.75) is 46.1 Å². The molecule has 6 heteroatoms. The number of nitrogens with one attached hydrogen (secondary N) is 1. The number of amides is 1. The largest absolute Gasteiger partial charge is 0.444 e. The zero-order valence-corrected chi connectivity index (χ0v) is 13.6. The summed E-state index contributed by atoms with van der Waals surface area (Å²) in [6.45, 7) is 8.74. The van der Waals surface area contributed by atoms with Crippen molar-refractivity contribution in [1.29, 1.82) is 0 Å². The summed E-state index contributed by atoms with van der Waals surface area (Å²) < 4.78 is 5.17. The Labute approximate surface area is 126 Å². The second-order valence-electron chi connectivity index (χ2n) is 5.99. The number of carbonyl (C=O) groups is 1. The maximum Gasteiger partial charge on any atom is 0.407 e. The molecule has 1 aromatic heterocycles. The van der Waals surface area contributed by atoms with Crippen LogP contribution in [0.25, 0.3) is 0 Å². The van der Waals surface area contributed by atoms with E-state index in [0.29, 0.717) is 19.0 Å². The van der Waals surface area contributed by atoms with E-state index in [1.165, 1.54) is 0 Å². The molecule has 0 aliphatic carbocycles. The molecule has 21 heavy (non-hydrogen) atoms. The van der Waals surface area contributed by atoms with E-state index in [4.69, 9.17) is 4.74 Å². The minimum absolute atomic E-state index is 0.407. The lowest BCUT2D eigenvalue weighted by atomic mass is 10.2. The summed E-state index contributed by atoms with van der Waals surface area (Å²) in [5.41, 5.74) is 0.662. The third-order valence-corrected chi connectivity index (χ3v) is 2.69. The minimum atomic E-state index is -0.478. The molecular weight excluding hydrogens is 268 g/mol. The molecule has 0 unspecified atom stereocenters. The van der Waals surface area contributed by atoms with Gasteiger partial charge in [0.25, 0.3) is 0 Å². The lowest BCUT2D eigenvalue weighted by Crippen LogP contribution is -2.37. The van der Waals surface area contributed by atoms with Crippen molar-refractivity contribution in [2.24, 2.45) is 0 Å². The van der Waals surface area contributed by atoms with Gasteiger partial charge in [-0.15, -0.1) is 0 Å². The van der Waals surface area contributed by atoms with Crippen molar-refractivity contribution in [1.82, 2.24) is 15.3 Å². The second-order valence-corrected chi connectivity index (χ2v) is 5.99. The van der Waals surface area contributed by atoms with Gasteiger partial charge in [-0.1, -0.05) is 13.3 Å². The number of ether oxygens (including phenoxy) is 1. The molecule has 118 valence electrons. The van der Waals surface area contributed by atoms with Crippen LogP contribution in [0.1, 0.15) is 39.7 Å². The number of rotatable bonds is 6. The molecule has 6 nitrogen and oxygen atoms in total. The molecule has 0 aliphatic rings. The van der Waals surface area contributed by atoms with Gasteiger partial charge in [0.1, 0.15) is 5.60 Å². The first-order valence-electron chi connectivity index (χ1n) is 7.30. The van der Waals surface area contributed by atoms with Crippen LogP contribution in [-0.2, 0) is 11.2 Å². The van der Waals surface area contributed by atoms with E-state index in [1.54, 1.807) is 0 Å². The standard InChI is InChI=1S/C15H26N4O2/c1-6-7-12-10-17-13(18-11-12)19(5)9-8-16-14(20)21-15(2,3)4/h10-11H,6-9H2,1-5H3,(H,16,20). The number of alkyl carbamates (subject to hydrolysis) is 1. The normalized spacial score (nSPS) is 11.1. The molecule has 0 aliphatic heterocycles. The highest BCUT2D eigenvalue weighted by molar-refractivity contribution is 5.67. The van der Waals surface area contributed by atoms with E-state index in [0.717, 1.165) is 18.4 Å². The van der Waals surface area contributed by atoms with Crippen LogP contribution in [0.15, 0.2) is 12.4 Å². The van der Waals surface area contributed by atoms with Crippen molar-refractivity contribution in [2.75, 3.05) is 25.0 Å². The third-order valence-electron chi connectivity index (χ3n) is 2.69. The van der Waals surface area contributed by atoms with Crippen molar-refractivity contribution >= 4 is 12.0 Å². The summed E-state index contributed by atoms with van der Waals surface area (Å²) in [6.07, 6.45) is 5.37. The van der Waals surface area contributed by atoms with E-state index in [9.17, 15) is 4.79 Å². The van der Waals surface area contributed by atoms with E-state index in [-0.39, 0.29) is 0 Å². The first-order valence-corrected chi connectivity index (χ1v) is 7.30. The van der Waals surface area contributed by atoms with Gasteiger partial charge in [-0.25, -0.2) is 14.8 Å². The second kappa shape index (κ2) is 7.81. The smallest absolute Gasteiger partial charge is 0.407 e. The lowest BCUT2D eigenvalue weighted by Gasteiger charge is -2.21. The Kier molecular flexibility index (Phi) is 6.39. The molecule has 0 saturated carbocycles. The summed E-state index contributed by atoms with van der Waals surface area (Å²) >= 11 is 0. The molecule has 0 radical (unpaired) electrons. The molecule has 1 rings (SSSR count). The highest BCUT2D eigenvalue weighted by Gasteiger charge is 2.15. The molecule has 1 heterocycles. The van der Waals surface area contributed by atoms with Gasteiger partial charge >= 0.3 is 6.09 Å². The Hall–Kier alpha value is -1.85. The lowest BCUT2D eigenvalue weighted by molar-refractivity contribution is 0.0529. The van der Waals surface area contributed by atoms with Crippen LogP contribution in [-0.4, -0.2) is 41.8 Å². The highest BCUT2D eigenvalue weighted by atomic mass is 16.6. The van der Waals surface area contributed by atoms with Gasteiger partial charge in [0, 0.05) is 32.5 Å². The Bertz CT molecular complexity index is 440. The quantitative estimate of drug-likeness (QED) is 0.872. The van der Waals surface area contributed by atoms with Gasteiger partial charge in [-0.2, -0.15) is 0 Å². The number of aromatic nitrogens is 2. The Morgan fingerprint density at radius 3 is 2.48 bits per heavy atom.